The van der Waals surface area contributed by atoms with Crippen molar-refractivity contribution in [3.63, 3.8) is 0 Å². The van der Waals surface area contributed by atoms with Crippen molar-refractivity contribution in [1.29, 1.82) is 0 Å². The predicted molar refractivity (Wildman–Crippen MR) is 90.4 cm³/mol. The molecule has 0 fully saturated rings. The monoisotopic (exact) mass is 374 g/mol. The van der Waals surface area contributed by atoms with Gasteiger partial charge in [0.25, 0.3) is 14.4 Å². The molecule has 23 heavy (non-hydrogen) atoms. The van der Waals surface area contributed by atoms with Crippen LogP contribution in [0.3, 0.4) is 0 Å². The number of hydrogen-bond acceptors (Lipinski definition) is 6. The molecule has 7 nitrogen and oxygen atoms in total. The standard InChI is InChI=1S/C13H15ClN4O3S2/c1-7(2)11(19)15-12-16-17-13(22-12)23(20,21)18-10-6-4-5-9(14)8(10)3/h4-7,18H,1-3H3,(H,15,16,19). The largest absolute Gasteiger partial charge is 0.300 e. The van der Waals surface area contributed by atoms with Crippen LogP contribution in [0.1, 0.15) is 19.4 Å². The summed E-state index contributed by atoms with van der Waals surface area (Å²) in [7, 11) is -3.90. The SMILES string of the molecule is Cc1c(Cl)cccc1NS(=O)(=O)c1nnc(NC(=O)C(C)C)s1. The molecule has 1 amide bonds. The van der Waals surface area contributed by atoms with Gasteiger partial charge in [-0.2, -0.15) is 8.42 Å². The highest BCUT2D eigenvalue weighted by Gasteiger charge is 2.22. The third-order valence-corrected chi connectivity index (χ3v) is 5.88. The number of nitrogens with one attached hydrogen (secondary N) is 2. The molecule has 0 unspecified atom stereocenters. The van der Waals surface area contributed by atoms with Gasteiger partial charge in [0.15, 0.2) is 0 Å². The summed E-state index contributed by atoms with van der Waals surface area (Å²) >= 11 is 6.75. The summed E-state index contributed by atoms with van der Waals surface area (Å²) in [5.41, 5.74) is 0.969. The summed E-state index contributed by atoms with van der Waals surface area (Å²) in [6.45, 7) is 5.14. The van der Waals surface area contributed by atoms with Crippen LogP contribution in [0, 0.1) is 12.8 Å². The minimum Gasteiger partial charge on any atom is -0.300 e. The van der Waals surface area contributed by atoms with E-state index in [2.05, 4.69) is 20.2 Å². The van der Waals surface area contributed by atoms with Crippen LogP contribution < -0.4 is 10.0 Å². The molecule has 0 saturated carbocycles. The van der Waals surface area contributed by atoms with Crippen LogP contribution in [0.2, 0.25) is 5.02 Å². The first-order valence-corrected chi connectivity index (χ1v) is 9.31. The minimum absolute atomic E-state index is 0.131. The Morgan fingerprint density at radius 3 is 2.65 bits per heavy atom. The van der Waals surface area contributed by atoms with Gasteiger partial charge in [0.2, 0.25) is 11.0 Å². The number of anilines is 2. The molecule has 0 atom stereocenters. The quantitative estimate of drug-likeness (QED) is 0.783. The maximum Gasteiger partial charge on any atom is 0.291 e. The Morgan fingerprint density at radius 1 is 1.30 bits per heavy atom. The van der Waals surface area contributed by atoms with E-state index in [4.69, 9.17) is 11.6 Å². The van der Waals surface area contributed by atoms with Crippen LogP contribution >= 0.6 is 22.9 Å². The maximum absolute atomic E-state index is 12.3. The molecule has 1 heterocycles. The molecule has 0 bridgehead atoms. The number of hydrogen-bond donors (Lipinski definition) is 2. The Hall–Kier alpha value is -1.71. The van der Waals surface area contributed by atoms with Crippen LogP contribution in [-0.4, -0.2) is 24.5 Å². The number of carbonyl (C=O) groups excluding carboxylic acids is 1. The Bertz CT molecular complexity index is 833. The minimum atomic E-state index is -3.90. The number of amides is 1. The number of nitrogens with zero attached hydrogens (tertiary/aromatic N) is 2. The average molecular weight is 375 g/mol. The zero-order valence-electron chi connectivity index (χ0n) is 12.6. The van der Waals surface area contributed by atoms with Crippen LogP contribution in [-0.2, 0) is 14.8 Å². The van der Waals surface area contributed by atoms with E-state index in [9.17, 15) is 13.2 Å². The summed E-state index contributed by atoms with van der Waals surface area (Å²) in [4.78, 5) is 11.6. The fourth-order valence-corrected chi connectivity index (χ4v) is 3.73. The van der Waals surface area contributed by atoms with E-state index in [0.717, 1.165) is 11.3 Å². The van der Waals surface area contributed by atoms with Crippen LogP contribution in [0.25, 0.3) is 0 Å². The van der Waals surface area contributed by atoms with E-state index >= 15 is 0 Å². The molecular weight excluding hydrogens is 360 g/mol. The van der Waals surface area contributed by atoms with Gasteiger partial charge in [-0.1, -0.05) is 42.9 Å². The van der Waals surface area contributed by atoms with Gasteiger partial charge in [-0.05, 0) is 24.6 Å². The number of sulfonamides is 1. The van der Waals surface area contributed by atoms with E-state index in [1.807, 2.05) is 0 Å². The Balaban J connectivity index is 2.22. The van der Waals surface area contributed by atoms with Crippen LogP contribution in [0.4, 0.5) is 10.8 Å². The van der Waals surface area contributed by atoms with Crippen molar-refractivity contribution in [1.82, 2.24) is 10.2 Å². The highest BCUT2D eigenvalue weighted by molar-refractivity contribution is 7.94. The molecular formula is C13H15ClN4O3S2. The fraction of sp³-hybridized carbons (Fsp3) is 0.308. The van der Waals surface area contributed by atoms with Crippen molar-refractivity contribution >= 4 is 49.7 Å². The average Bonchev–Trinajstić information content (AvgIpc) is 2.93. The highest BCUT2D eigenvalue weighted by atomic mass is 35.5. The number of halogens is 1. The molecule has 1 aromatic carbocycles. The van der Waals surface area contributed by atoms with Crippen molar-refractivity contribution in [2.24, 2.45) is 5.92 Å². The molecule has 1 aromatic heterocycles. The van der Waals surface area contributed by atoms with Gasteiger partial charge in [0, 0.05) is 10.9 Å². The topological polar surface area (TPSA) is 101 Å². The highest BCUT2D eigenvalue weighted by Crippen LogP contribution is 2.27. The van der Waals surface area contributed by atoms with Gasteiger partial charge in [-0.15, -0.1) is 10.2 Å². The van der Waals surface area contributed by atoms with E-state index < -0.39 is 10.0 Å². The van der Waals surface area contributed by atoms with Crippen molar-refractivity contribution in [2.45, 2.75) is 25.1 Å². The third kappa shape index (κ3) is 4.18. The molecule has 0 saturated heterocycles. The summed E-state index contributed by atoms with van der Waals surface area (Å²) in [5, 5.41) is 10.4. The van der Waals surface area contributed by atoms with Gasteiger partial charge in [-0.3, -0.25) is 9.52 Å². The zero-order valence-corrected chi connectivity index (χ0v) is 15.0. The fourth-order valence-electron chi connectivity index (χ4n) is 1.53. The molecule has 2 rings (SSSR count). The van der Waals surface area contributed by atoms with E-state index in [-0.39, 0.29) is 21.3 Å². The smallest absolute Gasteiger partial charge is 0.291 e. The first kappa shape index (κ1) is 17.6. The lowest BCUT2D eigenvalue weighted by molar-refractivity contribution is -0.118. The van der Waals surface area contributed by atoms with Crippen LogP contribution in [0.15, 0.2) is 22.5 Å². The van der Waals surface area contributed by atoms with Gasteiger partial charge >= 0.3 is 0 Å². The summed E-state index contributed by atoms with van der Waals surface area (Å²) in [5.74, 6) is -0.505. The number of rotatable bonds is 5. The maximum atomic E-state index is 12.3. The lowest BCUT2D eigenvalue weighted by Gasteiger charge is -2.09. The third-order valence-electron chi connectivity index (χ3n) is 2.90. The van der Waals surface area contributed by atoms with Crippen molar-refractivity contribution in [3.05, 3.63) is 28.8 Å². The number of benzene rings is 1. The molecule has 10 heteroatoms. The van der Waals surface area contributed by atoms with Gasteiger partial charge < -0.3 is 5.32 Å². The van der Waals surface area contributed by atoms with E-state index in [1.165, 1.54) is 0 Å². The lowest BCUT2D eigenvalue weighted by Crippen LogP contribution is -2.17. The second kappa shape index (κ2) is 6.81. The van der Waals surface area contributed by atoms with Gasteiger partial charge in [0.1, 0.15) is 0 Å². The Labute approximate surface area is 143 Å². The Kier molecular flexibility index (Phi) is 5.23. The summed E-state index contributed by atoms with van der Waals surface area (Å²) in [6.07, 6.45) is 0. The van der Waals surface area contributed by atoms with Crippen molar-refractivity contribution < 1.29 is 13.2 Å². The molecule has 0 radical (unpaired) electrons. The predicted octanol–water partition coefficient (Wildman–Crippen LogP) is 2.90. The first-order valence-electron chi connectivity index (χ1n) is 6.63. The van der Waals surface area contributed by atoms with Crippen LogP contribution in [0.5, 0.6) is 0 Å². The molecule has 0 aliphatic rings. The summed E-state index contributed by atoms with van der Waals surface area (Å²) < 4.78 is 26.9. The number of aromatic nitrogens is 2. The number of carbonyl (C=O) groups is 1. The second-order valence-electron chi connectivity index (χ2n) is 5.03. The van der Waals surface area contributed by atoms with E-state index in [1.54, 1.807) is 39.0 Å². The van der Waals surface area contributed by atoms with Crippen molar-refractivity contribution in [2.75, 3.05) is 10.0 Å². The first-order chi connectivity index (χ1) is 10.7. The molecule has 2 N–H and O–H groups in total. The molecule has 2 aromatic rings. The molecule has 0 aliphatic carbocycles. The second-order valence-corrected chi connectivity index (χ2v) is 8.28. The molecule has 0 aliphatic heterocycles. The molecule has 124 valence electrons. The zero-order chi connectivity index (χ0) is 17.2. The molecule has 0 spiro atoms. The van der Waals surface area contributed by atoms with Crippen molar-refractivity contribution in [3.8, 4) is 0 Å². The van der Waals surface area contributed by atoms with E-state index in [0.29, 0.717) is 16.3 Å². The van der Waals surface area contributed by atoms with Gasteiger partial charge in [-0.25, -0.2) is 0 Å². The van der Waals surface area contributed by atoms with Gasteiger partial charge in [0.05, 0.1) is 5.69 Å². The normalized spacial score (nSPS) is 11.5. The lowest BCUT2D eigenvalue weighted by atomic mass is 10.2. The Morgan fingerprint density at radius 2 is 2.00 bits per heavy atom. The summed E-state index contributed by atoms with van der Waals surface area (Å²) in [6, 6.07) is 4.90.